The maximum Gasteiger partial charge on any atom is 0.260 e. The van der Waals surface area contributed by atoms with E-state index in [1.165, 1.54) is 0 Å². The molecule has 0 N–H and O–H groups in total. The number of rotatable bonds is 7. The molecule has 0 bridgehead atoms. The van der Waals surface area contributed by atoms with Crippen LogP contribution in [-0.2, 0) is 14.3 Å². The van der Waals surface area contributed by atoms with Crippen molar-refractivity contribution in [3.8, 4) is 11.5 Å². The van der Waals surface area contributed by atoms with E-state index in [9.17, 15) is 14.4 Å². The second-order valence-electron chi connectivity index (χ2n) is 8.94. The van der Waals surface area contributed by atoms with E-state index in [2.05, 4.69) is 0 Å². The predicted molar refractivity (Wildman–Crippen MR) is 125 cm³/mol. The molecule has 1 aromatic carbocycles. The number of carbonyl (C=O) groups is 3. The fraction of sp³-hybridized carbons (Fsp3) is 0.640. The van der Waals surface area contributed by atoms with Gasteiger partial charge in [0.1, 0.15) is 6.10 Å². The maximum absolute atomic E-state index is 13.1. The van der Waals surface area contributed by atoms with Gasteiger partial charge >= 0.3 is 0 Å². The van der Waals surface area contributed by atoms with Crippen molar-refractivity contribution in [2.45, 2.75) is 45.1 Å². The highest BCUT2D eigenvalue weighted by molar-refractivity contribution is 5.95. The van der Waals surface area contributed by atoms with Crippen LogP contribution in [-0.4, -0.2) is 97.6 Å². The van der Waals surface area contributed by atoms with Crippen molar-refractivity contribution in [1.29, 1.82) is 0 Å². The summed E-state index contributed by atoms with van der Waals surface area (Å²) in [7, 11) is 0. The molecule has 3 heterocycles. The van der Waals surface area contributed by atoms with E-state index in [-0.39, 0.29) is 30.4 Å². The van der Waals surface area contributed by atoms with E-state index < -0.39 is 0 Å². The summed E-state index contributed by atoms with van der Waals surface area (Å²) in [5.41, 5.74) is 0.497. The minimum Gasteiger partial charge on any atom is -0.490 e. The normalized spacial score (nSPS) is 20.9. The van der Waals surface area contributed by atoms with Crippen LogP contribution in [0.5, 0.6) is 11.5 Å². The van der Waals surface area contributed by atoms with Gasteiger partial charge < -0.3 is 28.9 Å². The van der Waals surface area contributed by atoms with Gasteiger partial charge in [0.15, 0.2) is 18.1 Å². The molecular formula is C25H35N3O6. The number of hydrogen-bond donors (Lipinski definition) is 0. The first kappa shape index (κ1) is 24.3. The highest BCUT2D eigenvalue weighted by Gasteiger charge is 2.31. The Kier molecular flexibility index (Phi) is 8.26. The number of carbonyl (C=O) groups excluding carboxylic acids is 3. The standard InChI is InChI=1S/C25H35N3O6/c1-2-32-22-17-19(8-9-20(22)34-18-23(29)26-10-4-3-5-11-26)24(30)27-12-14-28(15-13-27)25(31)21-7-6-16-33-21/h8-9,17,21H,2-7,10-16,18H2,1H3. The fourth-order valence-corrected chi connectivity index (χ4v) is 4.69. The van der Waals surface area contributed by atoms with Gasteiger partial charge in [-0.25, -0.2) is 0 Å². The van der Waals surface area contributed by atoms with Crippen molar-refractivity contribution in [3.63, 3.8) is 0 Å². The first-order valence-electron chi connectivity index (χ1n) is 12.4. The average molecular weight is 474 g/mol. The number of hydrogen-bond acceptors (Lipinski definition) is 6. The van der Waals surface area contributed by atoms with E-state index in [0.717, 1.165) is 45.2 Å². The summed E-state index contributed by atoms with van der Waals surface area (Å²) in [6.07, 6.45) is 4.59. The molecule has 3 aliphatic heterocycles. The van der Waals surface area contributed by atoms with Gasteiger partial charge in [0.05, 0.1) is 6.61 Å². The molecule has 34 heavy (non-hydrogen) atoms. The van der Waals surface area contributed by atoms with Crippen LogP contribution in [0.3, 0.4) is 0 Å². The zero-order chi connectivity index (χ0) is 23.9. The van der Waals surface area contributed by atoms with Gasteiger partial charge in [-0.15, -0.1) is 0 Å². The first-order valence-corrected chi connectivity index (χ1v) is 12.4. The van der Waals surface area contributed by atoms with E-state index in [1.54, 1.807) is 28.0 Å². The van der Waals surface area contributed by atoms with Gasteiger partial charge in [0, 0.05) is 51.4 Å². The summed E-state index contributed by atoms with van der Waals surface area (Å²) in [6.45, 7) is 6.39. The molecule has 9 nitrogen and oxygen atoms in total. The minimum atomic E-state index is -0.328. The third-order valence-electron chi connectivity index (χ3n) is 6.63. The summed E-state index contributed by atoms with van der Waals surface area (Å²) in [5, 5.41) is 0. The van der Waals surface area contributed by atoms with Gasteiger partial charge in [-0.1, -0.05) is 0 Å². The molecule has 186 valence electrons. The zero-order valence-electron chi connectivity index (χ0n) is 20.0. The number of benzene rings is 1. The number of nitrogens with zero attached hydrogens (tertiary/aromatic N) is 3. The monoisotopic (exact) mass is 473 g/mol. The lowest BCUT2D eigenvalue weighted by Gasteiger charge is -2.35. The molecule has 4 rings (SSSR count). The molecular weight excluding hydrogens is 438 g/mol. The lowest BCUT2D eigenvalue weighted by Crippen LogP contribution is -2.52. The Labute approximate surface area is 200 Å². The Bertz CT molecular complexity index is 871. The van der Waals surface area contributed by atoms with Gasteiger partial charge in [0.25, 0.3) is 17.7 Å². The van der Waals surface area contributed by atoms with E-state index >= 15 is 0 Å². The van der Waals surface area contributed by atoms with Crippen molar-refractivity contribution in [1.82, 2.24) is 14.7 Å². The summed E-state index contributed by atoms with van der Waals surface area (Å²) >= 11 is 0. The molecule has 0 aliphatic carbocycles. The molecule has 1 unspecified atom stereocenters. The molecule has 0 saturated carbocycles. The summed E-state index contributed by atoms with van der Waals surface area (Å²) in [5.74, 6) is 0.797. The van der Waals surface area contributed by atoms with Crippen molar-refractivity contribution in [2.75, 3.05) is 59.1 Å². The van der Waals surface area contributed by atoms with Crippen LogP contribution in [0.2, 0.25) is 0 Å². The van der Waals surface area contributed by atoms with E-state index in [0.29, 0.717) is 56.5 Å². The number of piperidine rings is 1. The molecule has 0 spiro atoms. The van der Waals surface area contributed by atoms with Crippen molar-refractivity contribution in [3.05, 3.63) is 23.8 Å². The van der Waals surface area contributed by atoms with Crippen LogP contribution in [0.1, 0.15) is 49.4 Å². The van der Waals surface area contributed by atoms with E-state index in [1.807, 2.05) is 11.8 Å². The SMILES string of the molecule is CCOc1cc(C(=O)N2CCN(C(=O)C3CCCO3)CC2)ccc1OCC(=O)N1CCCCC1. The number of piperazine rings is 1. The Balaban J connectivity index is 1.34. The van der Waals surface area contributed by atoms with Gasteiger partial charge in [-0.3, -0.25) is 14.4 Å². The van der Waals surface area contributed by atoms with Crippen LogP contribution in [0, 0.1) is 0 Å². The smallest absolute Gasteiger partial charge is 0.260 e. The molecule has 3 amide bonds. The molecule has 0 aromatic heterocycles. The highest BCUT2D eigenvalue weighted by atomic mass is 16.5. The van der Waals surface area contributed by atoms with Crippen LogP contribution in [0.25, 0.3) is 0 Å². The largest absolute Gasteiger partial charge is 0.490 e. The van der Waals surface area contributed by atoms with Crippen molar-refractivity contribution in [2.24, 2.45) is 0 Å². The predicted octanol–water partition coefficient (Wildman–Crippen LogP) is 1.94. The second kappa shape index (κ2) is 11.6. The van der Waals surface area contributed by atoms with Crippen molar-refractivity contribution >= 4 is 17.7 Å². The topological polar surface area (TPSA) is 88.6 Å². The number of likely N-dealkylation sites (tertiary alicyclic amines) is 1. The lowest BCUT2D eigenvalue weighted by atomic mass is 10.1. The molecule has 1 aromatic rings. The Hall–Kier alpha value is -2.81. The van der Waals surface area contributed by atoms with Crippen LogP contribution < -0.4 is 9.47 Å². The fourth-order valence-electron chi connectivity index (χ4n) is 4.69. The third kappa shape index (κ3) is 5.81. The van der Waals surface area contributed by atoms with Crippen LogP contribution in [0.15, 0.2) is 18.2 Å². The van der Waals surface area contributed by atoms with Gasteiger partial charge in [-0.05, 0) is 57.2 Å². The first-order chi connectivity index (χ1) is 16.6. The molecule has 3 fully saturated rings. The summed E-state index contributed by atoms with van der Waals surface area (Å²) in [4.78, 5) is 43.5. The minimum absolute atomic E-state index is 0.0299. The van der Waals surface area contributed by atoms with E-state index in [4.69, 9.17) is 14.2 Å². The quantitative estimate of drug-likeness (QED) is 0.601. The molecule has 3 saturated heterocycles. The Morgan fingerprint density at radius 2 is 1.62 bits per heavy atom. The lowest BCUT2D eigenvalue weighted by molar-refractivity contribution is -0.142. The number of ether oxygens (including phenoxy) is 3. The molecule has 9 heteroatoms. The zero-order valence-corrected chi connectivity index (χ0v) is 20.0. The Morgan fingerprint density at radius 1 is 0.882 bits per heavy atom. The average Bonchev–Trinajstić information content (AvgIpc) is 3.43. The summed E-state index contributed by atoms with van der Waals surface area (Å²) in [6, 6.07) is 5.07. The van der Waals surface area contributed by atoms with Gasteiger partial charge in [0.2, 0.25) is 0 Å². The molecule has 3 aliphatic rings. The highest BCUT2D eigenvalue weighted by Crippen LogP contribution is 2.29. The van der Waals surface area contributed by atoms with Crippen molar-refractivity contribution < 1.29 is 28.6 Å². The maximum atomic E-state index is 13.1. The third-order valence-corrected chi connectivity index (χ3v) is 6.63. The van der Waals surface area contributed by atoms with Crippen LogP contribution >= 0.6 is 0 Å². The Morgan fingerprint density at radius 3 is 2.29 bits per heavy atom. The summed E-state index contributed by atoms with van der Waals surface area (Å²) < 4.78 is 17.0. The van der Waals surface area contributed by atoms with Gasteiger partial charge in [-0.2, -0.15) is 0 Å². The second-order valence-corrected chi connectivity index (χ2v) is 8.94. The molecule has 0 radical (unpaired) electrons. The van der Waals surface area contributed by atoms with Crippen LogP contribution in [0.4, 0.5) is 0 Å². The molecule has 1 atom stereocenters. The number of amides is 3.